The average molecular weight is 353 g/mol. The van der Waals surface area contributed by atoms with Crippen LogP contribution in [0.2, 0.25) is 0 Å². The van der Waals surface area contributed by atoms with E-state index in [0.29, 0.717) is 11.7 Å². The molecule has 4 nitrogen and oxygen atoms in total. The maximum absolute atomic E-state index is 12.8. The molecule has 0 N–H and O–H groups in total. The van der Waals surface area contributed by atoms with Crippen molar-refractivity contribution in [1.82, 2.24) is 14.5 Å². The van der Waals surface area contributed by atoms with Gasteiger partial charge in [-0.3, -0.25) is 4.79 Å². The first-order valence-corrected chi connectivity index (χ1v) is 9.92. The first-order valence-electron chi connectivity index (χ1n) is 9.04. The van der Waals surface area contributed by atoms with Gasteiger partial charge in [0.15, 0.2) is 0 Å². The van der Waals surface area contributed by atoms with E-state index in [0.717, 1.165) is 36.6 Å². The maximum atomic E-state index is 12.8. The van der Waals surface area contributed by atoms with E-state index < -0.39 is 0 Å². The van der Waals surface area contributed by atoms with Crippen molar-refractivity contribution in [2.45, 2.75) is 45.7 Å². The van der Waals surface area contributed by atoms with Gasteiger partial charge in [0.1, 0.15) is 10.7 Å². The Bertz CT molecular complexity index is 911. The van der Waals surface area contributed by atoms with Crippen LogP contribution in [0, 0.1) is 0 Å². The molecular formula is C20H23N3OS. The van der Waals surface area contributed by atoms with Crippen molar-refractivity contribution in [3.05, 3.63) is 41.4 Å². The number of hydrogen-bond donors (Lipinski definition) is 0. The lowest BCUT2D eigenvalue weighted by Crippen LogP contribution is -2.42. The zero-order chi connectivity index (χ0) is 17.4. The van der Waals surface area contributed by atoms with E-state index in [1.54, 1.807) is 11.3 Å². The molecule has 25 heavy (non-hydrogen) atoms. The SMILES string of the molecule is CCn1c(-c2nc(C(=O)N3CCCCC3C)cs2)cc2ccccc21. The van der Waals surface area contributed by atoms with Gasteiger partial charge in [-0.1, -0.05) is 18.2 Å². The molecule has 1 aliphatic heterocycles. The predicted molar refractivity (Wildman–Crippen MR) is 103 cm³/mol. The van der Waals surface area contributed by atoms with Crippen LogP contribution in [-0.2, 0) is 6.54 Å². The molecule has 3 heterocycles. The Morgan fingerprint density at radius 3 is 2.96 bits per heavy atom. The average Bonchev–Trinajstić information content (AvgIpc) is 3.26. The van der Waals surface area contributed by atoms with Crippen LogP contribution in [0.1, 0.15) is 43.6 Å². The van der Waals surface area contributed by atoms with Crippen molar-refractivity contribution in [3.8, 4) is 10.7 Å². The normalized spacial score (nSPS) is 18.0. The lowest BCUT2D eigenvalue weighted by Gasteiger charge is -2.32. The first-order chi connectivity index (χ1) is 12.2. The molecule has 3 aromatic rings. The Morgan fingerprint density at radius 2 is 2.16 bits per heavy atom. The minimum Gasteiger partial charge on any atom is -0.339 e. The van der Waals surface area contributed by atoms with Gasteiger partial charge in [0, 0.05) is 35.4 Å². The van der Waals surface area contributed by atoms with Crippen LogP contribution >= 0.6 is 11.3 Å². The fourth-order valence-corrected chi connectivity index (χ4v) is 4.58. The number of carbonyl (C=O) groups is 1. The molecule has 1 saturated heterocycles. The Balaban J connectivity index is 1.68. The minimum absolute atomic E-state index is 0.0776. The Labute approximate surface area is 152 Å². The number of hydrogen-bond acceptors (Lipinski definition) is 3. The molecule has 0 aliphatic carbocycles. The number of likely N-dealkylation sites (tertiary alicyclic amines) is 1. The molecule has 0 bridgehead atoms. The summed E-state index contributed by atoms with van der Waals surface area (Å²) in [6.07, 6.45) is 3.40. The Morgan fingerprint density at radius 1 is 1.32 bits per heavy atom. The topological polar surface area (TPSA) is 38.1 Å². The molecule has 1 fully saturated rings. The lowest BCUT2D eigenvalue weighted by molar-refractivity contribution is 0.0630. The minimum atomic E-state index is 0.0776. The number of rotatable bonds is 3. The van der Waals surface area contributed by atoms with Crippen LogP contribution < -0.4 is 0 Å². The summed E-state index contributed by atoms with van der Waals surface area (Å²) in [6, 6.07) is 10.9. The van der Waals surface area contributed by atoms with Crippen LogP contribution in [0.5, 0.6) is 0 Å². The number of fused-ring (bicyclic) bond motifs is 1. The third kappa shape index (κ3) is 2.86. The molecule has 1 unspecified atom stereocenters. The molecule has 1 atom stereocenters. The van der Waals surface area contributed by atoms with Crippen molar-refractivity contribution in [2.24, 2.45) is 0 Å². The summed E-state index contributed by atoms with van der Waals surface area (Å²) in [4.78, 5) is 19.5. The smallest absolute Gasteiger partial charge is 0.273 e. The number of piperidine rings is 1. The van der Waals surface area contributed by atoms with E-state index in [2.05, 4.69) is 48.7 Å². The van der Waals surface area contributed by atoms with E-state index in [1.165, 1.54) is 17.3 Å². The van der Waals surface area contributed by atoms with Gasteiger partial charge >= 0.3 is 0 Å². The van der Waals surface area contributed by atoms with Crippen LogP contribution in [0.4, 0.5) is 0 Å². The molecule has 1 aliphatic rings. The molecule has 1 amide bonds. The summed E-state index contributed by atoms with van der Waals surface area (Å²) in [6.45, 7) is 6.02. The van der Waals surface area contributed by atoms with Gasteiger partial charge in [-0.05, 0) is 45.2 Å². The number of aryl methyl sites for hydroxylation is 1. The highest BCUT2D eigenvalue weighted by molar-refractivity contribution is 7.13. The van der Waals surface area contributed by atoms with Gasteiger partial charge in [0.05, 0.1) is 5.69 Å². The van der Waals surface area contributed by atoms with Crippen LogP contribution in [0.25, 0.3) is 21.6 Å². The number of nitrogens with zero attached hydrogens (tertiary/aromatic N) is 3. The van der Waals surface area contributed by atoms with Gasteiger partial charge < -0.3 is 9.47 Å². The molecule has 0 radical (unpaired) electrons. The van der Waals surface area contributed by atoms with Crippen molar-refractivity contribution < 1.29 is 4.79 Å². The van der Waals surface area contributed by atoms with Crippen LogP contribution in [-0.4, -0.2) is 32.9 Å². The van der Waals surface area contributed by atoms with Gasteiger partial charge in [-0.15, -0.1) is 11.3 Å². The lowest BCUT2D eigenvalue weighted by atomic mass is 10.0. The molecular weight excluding hydrogens is 330 g/mol. The fraction of sp³-hybridized carbons (Fsp3) is 0.400. The number of amides is 1. The molecule has 1 aromatic carbocycles. The number of aromatic nitrogens is 2. The second-order valence-corrected chi connectivity index (χ2v) is 7.57. The fourth-order valence-electron chi connectivity index (χ4n) is 3.76. The van der Waals surface area contributed by atoms with Gasteiger partial charge in [0.2, 0.25) is 0 Å². The van der Waals surface area contributed by atoms with Gasteiger partial charge in [-0.25, -0.2) is 4.98 Å². The molecule has 0 saturated carbocycles. The summed E-state index contributed by atoms with van der Waals surface area (Å²) in [5.74, 6) is 0.0776. The second-order valence-electron chi connectivity index (χ2n) is 6.71. The third-order valence-corrected chi connectivity index (χ3v) is 6.00. The summed E-state index contributed by atoms with van der Waals surface area (Å²) >= 11 is 1.56. The highest BCUT2D eigenvalue weighted by atomic mass is 32.1. The van der Waals surface area contributed by atoms with Gasteiger partial charge in [-0.2, -0.15) is 0 Å². The zero-order valence-corrected chi connectivity index (χ0v) is 15.6. The largest absolute Gasteiger partial charge is 0.339 e. The van der Waals surface area contributed by atoms with Crippen molar-refractivity contribution >= 4 is 28.1 Å². The summed E-state index contributed by atoms with van der Waals surface area (Å²) in [5, 5.41) is 4.05. The quantitative estimate of drug-likeness (QED) is 0.678. The standard InChI is InChI=1S/C20H23N3OS/c1-3-22-17-10-5-4-9-15(17)12-18(22)19-21-16(13-25-19)20(24)23-11-7-6-8-14(23)2/h4-5,9-10,12-14H,3,6-8,11H2,1-2H3. The predicted octanol–water partition coefficient (Wildman–Crippen LogP) is 4.80. The molecule has 0 spiro atoms. The first kappa shape index (κ1) is 16.3. The van der Waals surface area contributed by atoms with E-state index >= 15 is 0 Å². The molecule has 130 valence electrons. The number of para-hydroxylation sites is 1. The molecule has 2 aromatic heterocycles. The molecule has 4 rings (SSSR count). The van der Waals surface area contributed by atoms with E-state index in [9.17, 15) is 4.79 Å². The molecule has 5 heteroatoms. The number of thiazole rings is 1. The highest BCUT2D eigenvalue weighted by Gasteiger charge is 2.26. The third-order valence-electron chi connectivity index (χ3n) is 5.13. The van der Waals surface area contributed by atoms with Crippen LogP contribution in [0.3, 0.4) is 0 Å². The van der Waals surface area contributed by atoms with Crippen molar-refractivity contribution in [2.75, 3.05) is 6.54 Å². The number of benzene rings is 1. The summed E-state index contributed by atoms with van der Waals surface area (Å²) in [7, 11) is 0. The maximum Gasteiger partial charge on any atom is 0.273 e. The van der Waals surface area contributed by atoms with Gasteiger partial charge in [0.25, 0.3) is 5.91 Å². The Hall–Kier alpha value is -2.14. The van der Waals surface area contributed by atoms with E-state index in [4.69, 9.17) is 4.98 Å². The monoisotopic (exact) mass is 353 g/mol. The van der Waals surface area contributed by atoms with E-state index in [-0.39, 0.29) is 5.91 Å². The summed E-state index contributed by atoms with van der Waals surface area (Å²) in [5.41, 5.74) is 2.90. The Kier molecular flexibility index (Phi) is 4.34. The summed E-state index contributed by atoms with van der Waals surface area (Å²) < 4.78 is 2.27. The number of carbonyl (C=O) groups excluding carboxylic acids is 1. The highest BCUT2D eigenvalue weighted by Crippen LogP contribution is 2.31. The van der Waals surface area contributed by atoms with E-state index in [1.807, 2.05) is 10.3 Å². The second kappa shape index (κ2) is 6.64. The van der Waals surface area contributed by atoms with Crippen molar-refractivity contribution in [1.29, 1.82) is 0 Å². The van der Waals surface area contributed by atoms with Crippen LogP contribution in [0.15, 0.2) is 35.7 Å². The zero-order valence-electron chi connectivity index (χ0n) is 14.7. The van der Waals surface area contributed by atoms with Crippen molar-refractivity contribution in [3.63, 3.8) is 0 Å².